The maximum atomic E-state index is 13.4. The number of benzene rings is 1. The Bertz CT molecular complexity index is 878. The van der Waals surface area contributed by atoms with Crippen LogP contribution in [0.2, 0.25) is 0 Å². The molecule has 1 amide bonds. The van der Waals surface area contributed by atoms with Crippen LogP contribution in [0.5, 0.6) is 0 Å². The third-order valence-corrected chi connectivity index (χ3v) is 3.62. The minimum absolute atomic E-state index is 0.169. The summed E-state index contributed by atoms with van der Waals surface area (Å²) in [7, 11) is 0. The third-order valence-electron chi connectivity index (χ3n) is 3.62. The Balaban J connectivity index is 1.90. The molecule has 138 valence electrons. The summed E-state index contributed by atoms with van der Waals surface area (Å²) in [6, 6.07) is 4.18. The average molecular weight is 364 g/mol. The number of hydrogen-bond acceptors (Lipinski definition) is 6. The maximum absolute atomic E-state index is 13.4. The number of ether oxygens (including phenoxy) is 1. The van der Waals surface area contributed by atoms with E-state index in [1.165, 1.54) is 26.0 Å². The van der Waals surface area contributed by atoms with Crippen LogP contribution in [0.1, 0.15) is 17.0 Å². The lowest BCUT2D eigenvalue weighted by molar-refractivity contribution is -0.386. The predicted octanol–water partition coefficient (Wildman–Crippen LogP) is 2.04. The minimum atomic E-state index is -0.782. The van der Waals surface area contributed by atoms with Crippen LogP contribution >= 0.6 is 0 Å². The molecule has 1 aromatic heterocycles. The molecule has 0 radical (unpaired) electrons. The topological polar surface area (TPSA) is 116 Å². The SMILES string of the molecule is Cc1ccc(NC(=O)COC(=O)Cn2nc(C)c([N+](=O)[O-])c2C)cc1F. The van der Waals surface area contributed by atoms with Crippen molar-refractivity contribution in [2.24, 2.45) is 0 Å². The molecule has 10 heteroatoms. The molecule has 2 aromatic rings. The van der Waals surface area contributed by atoms with Gasteiger partial charge in [0.25, 0.3) is 5.91 Å². The number of rotatable bonds is 6. The van der Waals surface area contributed by atoms with Gasteiger partial charge in [0, 0.05) is 5.69 Å². The Labute approximate surface area is 147 Å². The number of amides is 1. The Morgan fingerprint density at radius 2 is 2.04 bits per heavy atom. The van der Waals surface area contributed by atoms with Gasteiger partial charge >= 0.3 is 11.7 Å². The zero-order valence-corrected chi connectivity index (χ0v) is 14.4. The first kappa shape index (κ1) is 19.0. The van der Waals surface area contributed by atoms with E-state index in [4.69, 9.17) is 4.74 Å². The number of aromatic nitrogens is 2. The smallest absolute Gasteiger partial charge is 0.328 e. The highest BCUT2D eigenvalue weighted by molar-refractivity contribution is 5.92. The van der Waals surface area contributed by atoms with E-state index < -0.39 is 29.2 Å². The molecule has 0 atom stereocenters. The number of aryl methyl sites for hydroxylation is 2. The number of nitrogens with one attached hydrogen (secondary N) is 1. The summed E-state index contributed by atoms with van der Waals surface area (Å²) in [5.41, 5.74) is 0.900. The summed E-state index contributed by atoms with van der Waals surface area (Å²) in [6.07, 6.45) is 0. The Kier molecular flexibility index (Phi) is 5.65. The quantitative estimate of drug-likeness (QED) is 0.476. The van der Waals surface area contributed by atoms with Crippen molar-refractivity contribution in [2.75, 3.05) is 11.9 Å². The highest BCUT2D eigenvalue weighted by atomic mass is 19.1. The van der Waals surface area contributed by atoms with Crippen molar-refractivity contribution in [1.29, 1.82) is 0 Å². The molecule has 0 aliphatic carbocycles. The maximum Gasteiger partial charge on any atom is 0.328 e. The van der Waals surface area contributed by atoms with E-state index in [1.807, 2.05) is 0 Å². The Morgan fingerprint density at radius 3 is 2.62 bits per heavy atom. The van der Waals surface area contributed by atoms with Gasteiger partial charge in [-0.3, -0.25) is 24.4 Å². The monoisotopic (exact) mass is 364 g/mol. The van der Waals surface area contributed by atoms with Gasteiger partial charge in [-0.15, -0.1) is 0 Å². The lowest BCUT2D eigenvalue weighted by atomic mass is 10.2. The van der Waals surface area contributed by atoms with E-state index in [1.54, 1.807) is 6.92 Å². The molecule has 9 nitrogen and oxygen atoms in total. The van der Waals surface area contributed by atoms with E-state index in [-0.39, 0.29) is 29.3 Å². The molecule has 0 aliphatic heterocycles. The van der Waals surface area contributed by atoms with Gasteiger partial charge in [0.1, 0.15) is 23.7 Å². The first-order valence-corrected chi connectivity index (χ1v) is 7.59. The largest absolute Gasteiger partial charge is 0.454 e. The van der Waals surface area contributed by atoms with Gasteiger partial charge in [0.15, 0.2) is 6.61 Å². The van der Waals surface area contributed by atoms with Gasteiger partial charge in [0.05, 0.1) is 4.92 Å². The molecule has 0 aliphatic rings. The molecule has 0 spiro atoms. The van der Waals surface area contributed by atoms with Crippen molar-refractivity contribution in [2.45, 2.75) is 27.3 Å². The van der Waals surface area contributed by atoms with Crippen LogP contribution in [-0.2, 0) is 20.9 Å². The van der Waals surface area contributed by atoms with Crippen molar-refractivity contribution >= 4 is 23.3 Å². The van der Waals surface area contributed by atoms with E-state index in [9.17, 15) is 24.1 Å². The molecule has 0 bridgehead atoms. The fourth-order valence-corrected chi connectivity index (χ4v) is 2.29. The van der Waals surface area contributed by atoms with Crippen LogP contribution in [0.25, 0.3) is 0 Å². The van der Waals surface area contributed by atoms with Crippen LogP contribution in [0.3, 0.4) is 0 Å². The van der Waals surface area contributed by atoms with Gasteiger partial charge < -0.3 is 10.1 Å². The molecule has 0 unspecified atom stereocenters. The number of carbonyl (C=O) groups excluding carboxylic acids is 2. The second-order valence-corrected chi connectivity index (χ2v) is 5.61. The number of anilines is 1. The van der Waals surface area contributed by atoms with Crippen LogP contribution in [-0.4, -0.2) is 33.2 Å². The highest BCUT2D eigenvalue weighted by Gasteiger charge is 2.23. The molecule has 1 aromatic carbocycles. The fourth-order valence-electron chi connectivity index (χ4n) is 2.29. The normalized spacial score (nSPS) is 10.5. The molecule has 0 saturated heterocycles. The second-order valence-electron chi connectivity index (χ2n) is 5.61. The summed E-state index contributed by atoms with van der Waals surface area (Å²) < 4.78 is 19.4. The zero-order chi connectivity index (χ0) is 19.4. The molecule has 1 N–H and O–H groups in total. The summed E-state index contributed by atoms with van der Waals surface area (Å²) in [6.45, 7) is 3.57. The molecule has 26 heavy (non-hydrogen) atoms. The number of hydrogen-bond donors (Lipinski definition) is 1. The van der Waals surface area contributed by atoms with Crippen LogP contribution in [0.4, 0.5) is 15.8 Å². The van der Waals surface area contributed by atoms with Crippen molar-refractivity contribution < 1.29 is 23.6 Å². The van der Waals surface area contributed by atoms with E-state index in [2.05, 4.69) is 10.4 Å². The third kappa shape index (κ3) is 4.41. The number of halogens is 1. The molecule has 2 rings (SSSR count). The van der Waals surface area contributed by atoms with Crippen LogP contribution < -0.4 is 5.32 Å². The minimum Gasteiger partial charge on any atom is -0.454 e. The van der Waals surface area contributed by atoms with E-state index in [0.717, 1.165) is 10.7 Å². The zero-order valence-electron chi connectivity index (χ0n) is 14.4. The molecule has 0 fully saturated rings. The summed E-state index contributed by atoms with van der Waals surface area (Å²) in [4.78, 5) is 33.9. The number of nitrogens with zero attached hydrogens (tertiary/aromatic N) is 3. The number of nitro groups is 1. The van der Waals surface area contributed by atoms with E-state index in [0.29, 0.717) is 5.56 Å². The molecular weight excluding hydrogens is 347 g/mol. The van der Waals surface area contributed by atoms with Crippen molar-refractivity contribution in [1.82, 2.24) is 9.78 Å². The highest BCUT2D eigenvalue weighted by Crippen LogP contribution is 2.21. The van der Waals surface area contributed by atoms with Crippen LogP contribution in [0.15, 0.2) is 18.2 Å². The second kappa shape index (κ2) is 7.72. The van der Waals surface area contributed by atoms with Gasteiger partial charge in [-0.05, 0) is 38.5 Å². The number of carbonyl (C=O) groups is 2. The first-order chi connectivity index (χ1) is 12.2. The molecular formula is C16H17FN4O5. The summed E-state index contributed by atoms with van der Waals surface area (Å²) >= 11 is 0. The van der Waals surface area contributed by atoms with E-state index >= 15 is 0 Å². The Hall–Kier alpha value is -3.30. The standard InChI is InChI=1S/C16H17FN4O5/c1-9-4-5-12(6-13(9)17)18-14(22)8-26-15(23)7-20-11(3)16(21(24)25)10(2)19-20/h4-6H,7-8H2,1-3H3,(H,18,22). The first-order valence-electron chi connectivity index (χ1n) is 7.59. The van der Waals surface area contributed by atoms with Gasteiger partial charge in [0.2, 0.25) is 0 Å². The fraction of sp³-hybridized carbons (Fsp3) is 0.312. The lowest BCUT2D eigenvalue weighted by Crippen LogP contribution is -2.23. The van der Waals surface area contributed by atoms with Crippen molar-refractivity contribution in [3.05, 3.63) is 51.1 Å². The predicted molar refractivity (Wildman–Crippen MR) is 89.1 cm³/mol. The van der Waals surface area contributed by atoms with Gasteiger partial charge in [-0.1, -0.05) is 6.07 Å². The van der Waals surface area contributed by atoms with Crippen molar-refractivity contribution in [3.8, 4) is 0 Å². The van der Waals surface area contributed by atoms with Crippen molar-refractivity contribution in [3.63, 3.8) is 0 Å². The summed E-state index contributed by atoms with van der Waals surface area (Å²) in [5, 5.41) is 17.2. The lowest BCUT2D eigenvalue weighted by Gasteiger charge is -2.08. The van der Waals surface area contributed by atoms with Gasteiger partial charge in [-0.25, -0.2) is 4.39 Å². The van der Waals surface area contributed by atoms with Crippen LogP contribution in [0, 0.1) is 36.7 Å². The Morgan fingerprint density at radius 1 is 1.35 bits per heavy atom. The average Bonchev–Trinajstić information content (AvgIpc) is 2.83. The summed E-state index contributed by atoms with van der Waals surface area (Å²) in [5.74, 6) is -1.89. The molecule has 1 heterocycles. The van der Waals surface area contributed by atoms with Gasteiger partial charge in [-0.2, -0.15) is 5.10 Å². The molecule has 0 saturated carbocycles. The number of esters is 1.